The molecule has 1 heterocycles. The van der Waals surface area contributed by atoms with Crippen LogP contribution in [0, 0.1) is 5.41 Å². The number of imidazole rings is 1. The number of amides is 2. The van der Waals surface area contributed by atoms with Gasteiger partial charge in [0.15, 0.2) is 0 Å². The number of ether oxygens (including phenoxy) is 1. The lowest BCUT2D eigenvalue weighted by molar-refractivity contribution is -0.147. The Balaban J connectivity index is 1.77. The Labute approximate surface area is 193 Å². The van der Waals surface area contributed by atoms with Crippen LogP contribution in [-0.2, 0) is 19.1 Å². The molecule has 0 bridgehead atoms. The second-order valence-corrected chi connectivity index (χ2v) is 7.60. The number of rotatable bonds is 14. The van der Waals surface area contributed by atoms with Gasteiger partial charge < -0.3 is 25.7 Å². The maximum Gasteiger partial charge on any atom is 0.330 e. The van der Waals surface area contributed by atoms with Gasteiger partial charge >= 0.3 is 5.97 Å². The zero-order chi connectivity index (χ0) is 24.1. The molecule has 2 rings (SSSR count). The van der Waals surface area contributed by atoms with Crippen LogP contribution >= 0.6 is 0 Å². The standard InChI is InChI=1S/C23H32N6O4/c1-2-3-4-5-14-33-23(32)19(29-13-12-26-16-29)15-27-20(30)10-11-21(31)28-18-8-6-17(7-9-18)22(24)25/h6-9,12-13,16,19H,2-5,10-11,14-15H2,1H3,(H3,24,25)(H,27,30)(H,28,31). The zero-order valence-corrected chi connectivity index (χ0v) is 18.9. The van der Waals surface area contributed by atoms with Crippen molar-refractivity contribution in [2.24, 2.45) is 5.73 Å². The number of unbranched alkanes of at least 4 members (excludes halogenated alkanes) is 3. The van der Waals surface area contributed by atoms with Gasteiger partial charge in [-0.15, -0.1) is 0 Å². The van der Waals surface area contributed by atoms with Crippen LogP contribution in [-0.4, -0.2) is 46.3 Å². The number of nitrogen functional groups attached to an aromatic ring is 1. The minimum Gasteiger partial charge on any atom is -0.464 e. The van der Waals surface area contributed by atoms with Crippen LogP contribution in [0.5, 0.6) is 0 Å². The summed E-state index contributed by atoms with van der Waals surface area (Å²) in [5.41, 5.74) is 6.51. The molecular weight excluding hydrogens is 424 g/mol. The van der Waals surface area contributed by atoms with Crippen LogP contribution in [0.3, 0.4) is 0 Å². The van der Waals surface area contributed by atoms with E-state index < -0.39 is 12.0 Å². The first-order chi connectivity index (χ1) is 15.9. The summed E-state index contributed by atoms with van der Waals surface area (Å²) in [5, 5.41) is 12.8. The van der Waals surface area contributed by atoms with E-state index in [-0.39, 0.29) is 37.0 Å². The van der Waals surface area contributed by atoms with Gasteiger partial charge in [0.2, 0.25) is 11.8 Å². The van der Waals surface area contributed by atoms with Gasteiger partial charge in [-0.3, -0.25) is 15.0 Å². The van der Waals surface area contributed by atoms with E-state index in [2.05, 4.69) is 22.5 Å². The number of hydrogen-bond donors (Lipinski definition) is 4. The molecule has 178 valence electrons. The van der Waals surface area contributed by atoms with Crippen molar-refractivity contribution in [3.05, 3.63) is 48.5 Å². The highest BCUT2D eigenvalue weighted by molar-refractivity contribution is 5.96. The molecule has 1 aromatic carbocycles. The Hall–Kier alpha value is -3.69. The first-order valence-electron chi connectivity index (χ1n) is 11.1. The van der Waals surface area contributed by atoms with Crippen molar-refractivity contribution in [1.82, 2.24) is 14.9 Å². The van der Waals surface area contributed by atoms with Crippen LogP contribution in [0.15, 0.2) is 43.0 Å². The summed E-state index contributed by atoms with van der Waals surface area (Å²) >= 11 is 0. The van der Waals surface area contributed by atoms with Crippen molar-refractivity contribution in [3.63, 3.8) is 0 Å². The maximum atomic E-state index is 12.5. The Morgan fingerprint density at radius 3 is 2.48 bits per heavy atom. The Morgan fingerprint density at radius 1 is 1.12 bits per heavy atom. The van der Waals surface area contributed by atoms with Gasteiger partial charge in [-0.05, 0) is 30.7 Å². The minimum absolute atomic E-state index is 0.0160. The van der Waals surface area contributed by atoms with Gasteiger partial charge in [0.25, 0.3) is 0 Å². The molecule has 0 fully saturated rings. The van der Waals surface area contributed by atoms with Crippen LogP contribution < -0.4 is 16.4 Å². The third-order valence-corrected chi connectivity index (χ3v) is 4.95. The average molecular weight is 457 g/mol. The van der Waals surface area contributed by atoms with Gasteiger partial charge in [0.1, 0.15) is 11.9 Å². The number of carbonyl (C=O) groups excluding carboxylic acids is 3. The number of esters is 1. The average Bonchev–Trinajstić information content (AvgIpc) is 3.32. The molecule has 0 spiro atoms. The number of hydrogen-bond acceptors (Lipinski definition) is 6. The third-order valence-electron chi connectivity index (χ3n) is 4.95. The monoisotopic (exact) mass is 456 g/mol. The zero-order valence-electron chi connectivity index (χ0n) is 18.9. The molecule has 1 aromatic heterocycles. The summed E-state index contributed by atoms with van der Waals surface area (Å²) in [6.45, 7) is 2.49. The van der Waals surface area contributed by atoms with Gasteiger partial charge in [0, 0.05) is 43.0 Å². The SMILES string of the molecule is CCCCCCOC(=O)C(CNC(=O)CCC(=O)Nc1ccc(C(=N)N)cc1)n1ccnc1. The summed E-state index contributed by atoms with van der Waals surface area (Å²) in [7, 11) is 0. The molecule has 0 saturated carbocycles. The van der Waals surface area contributed by atoms with Crippen LogP contribution in [0.25, 0.3) is 0 Å². The molecule has 0 aliphatic heterocycles. The van der Waals surface area contributed by atoms with Gasteiger partial charge in [-0.1, -0.05) is 26.2 Å². The fourth-order valence-electron chi connectivity index (χ4n) is 3.04. The third kappa shape index (κ3) is 9.14. The van der Waals surface area contributed by atoms with E-state index in [9.17, 15) is 14.4 Å². The van der Waals surface area contributed by atoms with Crippen LogP contribution in [0.1, 0.15) is 57.1 Å². The van der Waals surface area contributed by atoms with E-state index in [0.29, 0.717) is 17.9 Å². The number of nitrogens with zero attached hydrogens (tertiary/aromatic N) is 2. The lowest BCUT2D eigenvalue weighted by Gasteiger charge is -2.18. The van der Waals surface area contributed by atoms with Crippen molar-refractivity contribution in [1.29, 1.82) is 5.41 Å². The second-order valence-electron chi connectivity index (χ2n) is 7.60. The number of nitrogens with one attached hydrogen (secondary N) is 3. The molecule has 0 saturated heterocycles. The van der Waals surface area contributed by atoms with E-state index in [0.717, 1.165) is 25.7 Å². The quantitative estimate of drug-likeness (QED) is 0.148. The molecule has 5 N–H and O–H groups in total. The molecule has 2 amide bonds. The summed E-state index contributed by atoms with van der Waals surface area (Å²) in [5.74, 6) is -1.16. The molecule has 0 radical (unpaired) electrons. The topological polar surface area (TPSA) is 152 Å². The fraction of sp³-hybridized carbons (Fsp3) is 0.435. The maximum absolute atomic E-state index is 12.5. The van der Waals surface area contributed by atoms with E-state index in [4.69, 9.17) is 15.9 Å². The molecule has 33 heavy (non-hydrogen) atoms. The number of amidine groups is 1. The molecule has 10 nitrogen and oxygen atoms in total. The smallest absolute Gasteiger partial charge is 0.330 e. The number of benzene rings is 1. The van der Waals surface area contributed by atoms with Crippen LogP contribution in [0.4, 0.5) is 5.69 Å². The Bertz CT molecular complexity index is 912. The normalized spacial score (nSPS) is 11.4. The fourth-order valence-corrected chi connectivity index (χ4v) is 3.04. The lowest BCUT2D eigenvalue weighted by atomic mass is 10.2. The highest BCUT2D eigenvalue weighted by Crippen LogP contribution is 2.11. The van der Waals surface area contributed by atoms with Gasteiger partial charge in [-0.2, -0.15) is 0 Å². The number of carbonyl (C=O) groups is 3. The van der Waals surface area contributed by atoms with E-state index >= 15 is 0 Å². The molecule has 0 aliphatic rings. The Kier molecular flexibility index (Phi) is 10.6. The van der Waals surface area contributed by atoms with Crippen molar-refractivity contribution >= 4 is 29.3 Å². The molecule has 10 heteroatoms. The summed E-state index contributed by atoms with van der Waals surface area (Å²) < 4.78 is 6.96. The lowest BCUT2D eigenvalue weighted by Crippen LogP contribution is -2.35. The largest absolute Gasteiger partial charge is 0.464 e. The van der Waals surface area contributed by atoms with Gasteiger partial charge in [0.05, 0.1) is 12.9 Å². The molecule has 2 aromatic rings. The van der Waals surface area contributed by atoms with Gasteiger partial charge in [-0.25, -0.2) is 9.78 Å². The number of aromatic nitrogens is 2. The van der Waals surface area contributed by atoms with Crippen LogP contribution in [0.2, 0.25) is 0 Å². The summed E-state index contributed by atoms with van der Waals surface area (Å²) in [6, 6.07) is 5.81. The minimum atomic E-state index is -0.726. The molecular formula is C23H32N6O4. The molecule has 0 aliphatic carbocycles. The number of nitrogens with two attached hydrogens (primary N) is 1. The van der Waals surface area contributed by atoms with E-state index in [1.54, 1.807) is 41.2 Å². The highest BCUT2D eigenvalue weighted by atomic mass is 16.5. The van der Waals surface area contributed by atoms with Crippen molar-refractivity contribution in [2.45, 2.75) is 51.5 Å². The van der Waals surface area contributed by atoms with Crippen molar-refractivity contribution < 1.29 is 19.1 Å². The highest BCUT2D eigenvalue weighted by Gasteiger charge is 2.22. The van der Waals surface area contributed by atoms with E-state index in [1.165, 1.54) is 6.33 Å². The van der Waals surface area contributed by atoms with E-state index in [1.807, 2.05) is 0 Å². The second kappa shape index (κ2) is 13.7. The number of anilines is 1. The van der Waals surface area contributed by atoms with Crippen molar-refractivity contribution in [3.8, 4) is 0 Å². The predicted molar refractivity (Wildman–Crippen MR) is 125 cm³/mol. The predicted octanol–water partition coefficient (Wildman–Crippen LogP) is 2.37. The molecule has 1 unspecified atom stereocenters. The summed E-state index contributed by atoms with van der Waals surface area (Å²) in [6.07, 6.45) is 8.64. The first kappa shape index (κ1) is 25.6. The summed E-state index contributed by atoms with van der Waals surface area (Å²) in [4.78, 5) is 40.8. The Morgan fingerprint density at radius 2 is 1.85 bits per heavy atom. The van der Waals surface area contributed by atoms with Crippen molar-refractivity contribution in [2.75, 3.05) is 18.5 Å². The molecule has 1 atom stereocenters. The first-order valence-corrected chi connectivity index (χ1v) is 11.1.